The normalized spacial score (nSPS) is 8.93. The quantitative estimate of drug-likeness (QED) is 0.428. The monoisotopic (exact) mass is 207 g/mol. The van der Waals surface area contributed by atoms with Crippen LogP contribution in [-0.4, -0.2) is 23.6 Å². The standard InChI is InChI=1S/C9H9N3O3/c1-15-9-7(3-2-4-10)5-8(6-11-9)12(13)14/h5-6H,4,10H2,1H3. The third-order valence-electron chi connectivity index (χ3n) is 1.57. The average molecular weight is 207 g/mol. The number of hydrogen-bond acceptors (Lipinski definition) is 5. The Labute approximate surface area is 86.2 Å². The molecule has 0 amide bonds. The highest BCUT2D eigenvalue weighted by atomic mass is 16.6. The molecule has 1 aromatic heterocycles. The number of rotatable bonds is 2. The first-order valence-electron chi connectivity index (χ1n) is 4.06. The molecule has 6 heteroatoms. The molecule has 0 fully saturated rings. The molecule has 1 rings (SSSR count). The van der Waals surface area contributed by atoms with E-state index in [1.54, 1.807) is 0 Å². The van der Waals surface area contributed by atoms with Crippen LogP contribution in [0, 0.1) is 22.0 Å². The minimum atomic E-state index is -0.542. The topological polar surface area (TPSA) is 91.3 Å². The van der Waals surface area contributed by atoms with Gasteiger partial charge in [0.1, 0.15) is 6.20 Å². The van der Waals surface area contributed by atoms with E-state index in [4.69, 9.17) is 10.5 Å². The van der Waals surface area contributed by atoms with E-state index in [0.29, 0.717) is 5.56 Å². The van der Waals surface area contributed by atoms with E-state index >= 15 is 0 Å². The Balaban J connectivity index is 3.19. The maximum absolute atomic E-state index is 10.5. The number of nitrogens with zero attached hydrogens (tertiary/aromatic N) is 2. The maximum atomic E-state index is 10.5. The van der Waals surface area contributed by atoms with Crippen molar-refractivity contribution in [3.63, 3.8) is 0 Å². The van der Waals surface area contributed by atoms with Crippen LogP contribution in [0.4, 0.5) is 5.69 Å². The lowest BCUT2D eigenvalue weighted by Gasteiger charge is -2.00. The highest BCUT2D eigenvalue weighted by Gasteiger charge is 2.10. The van der Waals surface area contributed by atoms with Gasteiger partial charge in [-0.25, -0.2) is 4.98 Å². The number of ether oxygens (including phenoxy) is 1. The molecule has 0 saturated carbocycles. The van der Waals surface area contributed by atoms with Crippen molar-refractivity contribution in [3.8, 4) is 17.7 Å². The van der Waals surface area contributed by atoms with Gasteiger partial charge in [-0.1, -0.05) is 11.8 Å². The lowest BCUT2D eigenvalue weighted by Crippen LogP contribution is -1.97. The second kappa shape index (κ2) is 4.93. The van der Waals surface area contributed by atoms with Crippen molar-refractivity contribution in [1.82, 2.24) is 4.98 Å². The summed E-state index contributed by atoms with van der Waals surface area (Å²) >= 11 is 0. The molecule has 0 unspecified atom stereocenters. The SMILES string of the molecule is COc1ncc([N+](=O)[O-])cc1C#CCN. The Bertz CT molecular complexity index is 434. The number of nitro groups is 1. The molecule has 1 aromatic rings. The number of methoxy groups -OCH3 is 1. The minimum absolute atomic E-state index is 0.128. The summed E-state index contributed by atoms with van der Waals surface area (Å²) in [5.41, 5.74) is 5.43. The Morgan fingerprint density at radius 1 is 1.73 bits per heavy atom. The third-order valence-corrected chi connectivity index (χ3v) is 1.57. The molecule has 15 heavy (non-hydrogen) atoms. The number of pyridine rings is 1. The van der Waals surface area contributed by atoms with Gasteiger partial charge < -0.3 is 10.5 Å². The van der Waals surface area contributed by atoms with Gasteiger partial charge in [-0.05, 0) is 0 Å². The van der Waals surface area contributed by atoms with Crippen LogP contribution in [-0.2, 0) is 0 Å². The van der Waals surface area contributed by atoms with Gasteiger partial charge >= 0.3 is 0 Å². The predicted octanol–water partition coefficient (Wildman–Crippen LogP) is 0.309. The summed E-state index contributed by atoms with van der Waals surface area (Å²) in [6, 6.07) is 1.30. The van der Waals surface area contributed by atoms with Crippen molar-refractivity contribution in [2.45, 2.75) is 0 Å². The van der Waals surface area contributed by atoms with Gasteiger partial charge in [-0.3, -0.25) is 10.1 Å². The largest absolute Gasteiger partial charge is 0.480 e. The van der Waals surface area contributed by atoms with Gasteiger partial charge in [0, 0.05) is 6.07 Å². The maximum Gasteiger partial charge on any atom is 0.289 e. The molecule has 0 spiro atoms. The zero-order valence-corrected chi connectivity index (χ0v) is 8.06. The molecule has 0 aliphatic carbocycles. The number of nitrogens with two attached hydrogens (primary N) is 1. The summed E-state index contributed by atoms with van der Waals surface area (Å²) in [6.45, 7) is 0.172. The highest BCUT2D eigenvalue weighted by Crippen LogP contribution is 2.19. The summed E-state index contributed by atoms with van der Waals surface area (Å²) in [6.07, 6.45) is 1.12. The second-order valence-electron chi connectivity index (χ2n) is 2.51. The van der Waals surface area contributed by atoms with Crippen LogP contribution in [0.1, 0.15) is 5.56 Å². The fourth-order valence-electron chi connectivity index (χ4n) is 0.940. The molecule has 0 aromatic carbocycles. The highest BCUT2D eigenvalue weighted by molar-refractivity contribution is 5.47. The fourth-order valence-corrected chi connectivity index (χ4v) is 0.940. The van der Waals surface area contributed by atoms with Gasteiger partial charge in [-0.15, -0.1) is 0 Å². The van der Waals surface area contributed by atoms with Crippen molar-refractivity contribution < 1.29 is 9.66 Å². The van der Waals surface area contributed by atoms with Crippen LogP contribution in [0.25, 0.3) is 0 Å². The molecule has 0 aliphatic heterocycles. The van der Waals surface area contributed by atoms with Crippen LogP contribution < -0.4 is 10.5 Å². The van der Waals surface area contributed by atoms with E-state index in [-0.39, 0.29) is 18.1 Å². The van der Waals surface area contributed by atoms with E-state index in [1.807, 2.05) is 0 Å². The Hall–Kier alpha value is -2.13. The zero-order valence-electron chi connectivity index (χ0n) is 8.06. The van der Waals surface area contributed by atoms with Gasteiger partial charge in [0.2, 0.25) is 5.88 Å². The Morgan fingerprint density at radius 2 is 2.47 bits per heavy atom. The predicted molar refractivity (Wildman–Crippen MR) is 53.4 cm³/mol. The van der Waals surface area contributed by atoms with Crippen molar-refractivity contribution in [3.05, 3.63) is 27.9 Å². The summed E-state index contributed by atoms with van der Waals surface area (Å²) in [7, 11) is 1.42. The first-order chi connectivity index (χ1) is 7.19. The third kappa shape index (κ3) is 2.65. The number of hydrogen-bond donors (Lipinski definition) is 1. The van der Waals surface area contributed by atoms with Crippen molar-refractivity contribution >= 4 is 5.69 Å². The molecule has 0 saturated heterocycles. The van der Waals surface area contributed by atoms with Gasteiger partial charge in [0.15, 0.2) is 0 Å². The zero-order chi connectivity index (χ0) is 11.3. The molecule has 0 radical (unpaired) electrons. The molecule has 0 bridgehead atoms. The summed E-state index contributed by atoms with van der Waals surface area (Å²) < 4.78 is 4.90. The van der Waals surface area contributed by atoms with E-state index < -0.39 is 4.92 Å². The van der Waals surface area contributed by atoms with Gasteiger partial charge in [0.25, 0.3) is 5.69 Å². The lowest BCUT2D eigenvalue weighted by molar-refractivity contribution is -0.385. The molecule has 0 atom stereocenters. The summed E-state index contributed by atoms with van der Waals surface area (Å²) in [5, 5.41) is 10.5. The molecule has 2 N–H and O–H groups in total. The van der Waals surface area contributed by atoms with E-state index in [0.717, 1.165) is 6.20 Å². The van der Waals surface area contributed by atoms with Crippen molar-refractivity contribution in [1.29, 1.82) is 0 Å². The van der Waals surface area contributed by atoms with Gasteiger partial charge in [0.05, 0.1) is 24.1 Å². The Morgan fingerprint density at radius 3 is 3.00 bits per heavy atom. The molecule has 78 valence electrons. The van der Waals surface area contributed by atoms with Crippen LogP contribution >= 0.6 is 0 Å². The first kappa shape index (κ1) is 10.9. The molecular weight excluding hydrogens is 198 g/mol. The average Bonchev–Trinajstić information content (AvgIpc) is 2.25. The van der Waals surface area contributed by atoms with Crippen LogP contribution in [0.5, 0.6) is 5.88 Å². The first-order valence-corrected chi connectivity index (χ1v) is 4.06. The van der Waals surface area contributed by atoms with Crippen molar-refractivity contribution in [2.24, 2.45) is 5.73 Å². The van der Waals surface area contributed by atoms with E-state index in [1.165, 1.54) is 13.2 Å². The minimum Gasteiger partial charge on any atom is -0.480 e. The molecule has 0 aliphatic rings. The molecular formula is C9H9N3O3. The van der Waals surface area contributed by atoms with Gasteiger partial charge in [-0.2, -0.15) is 0 Å². The Kier molecular flexibility index (Phi) is 3.60. The summed E-state index contributed by atoms with van der Waals surface area (Å²) in [5.74, 6) is 5.48. The summed E-state index contributed by atoms with van der Waals surface area (Å²) in [4.78, 5) is 13.7. The van der Waals surface area contributed by atoms with Crippen molar-refractivity contribution in [2.75, 3.05) is 13.7 Å². The number of aromatic nitrogens is 1. The van der Waals surface area contributed by atoms with Crippen LogP contribution in [0.15, 0.2) is 12.3 Å². The second-order valence-corrected chi connectivity index (χ2v) is 2.51. The van der Waals surface area contributed by atoms with E-state index in [9.17, 15) is 10.1 Å². The lowest BCUT2D eigenvalue weighted by atomic mass is 10.2. The fraction of sp³-hybridized carbons (Fsp3) is 0.222. The van der Waals surface area contributed by atoms with E-state index in [2.05, 4.69) is 16.8 Å². The smallest absolute Gasteiger partial charge is 0.289 e. The molecule has 6 nitrogen and oxygen atoms in total. The van der Waals surface area contributed by atoms with Crippen LogP contribution in [0.3, 0.4) is 0 Å². The van der Waals surface area contributed by atoms with Crippen LogP contribution in [0.2, 0.25) is 0 Å². The molecule has 1 heterocycles.